The maximum absolute atomic E-state index is 13.3. The lowest BCUT2D eigenvalue weighted by molar-refractivity contribution is -0.855. The van der Waals surface area contributed by atoms with Crippen LogP contribution in [-0.2, 0) is 4.79 Å². The van der Waals surface area contributed by atoms with Gasteiger partial charge in [0.1, 0.15) is 0 Å². The fourth-order valence-corrected chi connectivity index (χ4v) is 5.33. The first-order valence-electron chi connectivity index (χ1n) is 16.1. The van der Waals surface area contributed by atoms with Gasteiger partial charge in [0, 0.05) is 0 Å². The van der Waals surface area contributed by atoms with Crippen LogP contribution in [0.1, 0.15) is 182 Å². The Morgan fingerprint density at radius 2 is 0.657 bits per heavy atom. The van der Waals surface area contributed by atoms with Gasteiger partial charge in [0.05, 0.1) is 26.1 Å². The van der Waals surface area contributed by atoms with Crippen molar-refractivity contribution in [2.45, 2.75) is 182 Å². The quantitative estimate of drug-likeness (QED) is 0.0741. The summed E-state index contributed by atoms with van der Waals surface area (Å²) in [6.07, 6.45) is 31.7. The molecule has 0 atom stereocenters. The second kappa shape index (κ2) is 28.7. The first kappa shape index (κ1) is 37.3. The molecule has 2 nitrogen and oxygen atoms in total. The molecule has 0 unspecified atom stereocenters. The van der Waals surface area contributed by atoms with Gasteiger partial charge >= 0.3 is 5.91 Å². The molecule has 0 aromatic carbocycles. The van der Waals surface area contributed by atoms with Gasteiger partial charge in [-0.2, -0.15) is 0 Å². The maximum Gasteiger partial charge on any atom is 0.313 e. The smallest absolute Gasteiger partial charge is 0.313 e. The summed E-state index contributed by atoms with van der Waals surface area (Å²) < 4.78 is 0.786. The molecule has 212 valence electrons. The van der Waals surface area contributed by atoms with E-state index < -0.39 is 0 Å². The molecule has 0 saturated heterocycles. The molecular weight excluding hydrogens is 494 g/mol. The standard InChI is InChI=1S/C32H66NO.BrH/c1-5-9-13-14-15-16-17-18-19-20-21-22-23-24-25-26-27-28-32(34)33(29-10-6-2,30-11-7-3)31-12-8-4;/h5-31H2,1-4H3;1H/q+1;/p-1. The summed E-state index contributed by atoms with van der Waals surface area (Å²) in [6.45, 7) is 12.3. The molecule has 0 aliphatic rings. The molecule has 35 heavy (non-hydrogen) atoms. The van der Waals surface area contributed by atoms with E-state index in [-0.39, 0.29) is 17.0 Å². The summed E-state index contributed by atoms with van der Waals surface area (Å²) >= 11 is 0. The van der Waals surface area contributed by atoms with Crippen LogP contribution in [0, 0.1) is 0 Å². The van der Waals surface area contributed by atoms with Crippen LogP contribution in [0.25, 0.3) is 0 Å². The molecule has 0 aliphatic heterocycles. The van der Waals surface area contributed by atoms with Crippen LogP contribution >= 0.6 is 0 Å². The molecule has 0 aromatic rings. The molecular formula is C32H66BrNO. The fourth-order valence-electron chi connectivity index (χ4n) is 5.33. The van der Waals surface area contributed by atoms with Crippen molar-refractivity contribution in [1.29, 1.82) is 0 Å². The third kappa shape index (κ3) is 21.9. The van der Waals surface area contributed by atoms with Gasteiger partial charge in [-0.15, -0.1) is 0 Å². The predicted molar refractivity (Wildman–Crippen MR) is 153 cm³/mol. The van der Waals surface area contributed by atoms with Crippen molar-refractivity contribution in [3.8, 4) is 0 Å². The monoisotopic (exact) mass is 559 g/mol. The Morgan fingerprint density at radius 3 is 0.943 bits per heavy atom. The second-order valence-corrected chi connectivity index (χ2v) is 11.2. The highest BCUT2D eigenvalue weighted by molar-refractivity contribution is 5.69. The summed E-state index contributed by atoms with van der Waals surface area (Å²) in [5, 5.41) is 0. The number of halogens is 1. The Bertz CT molecular complexity index is 404. The SMILES string of the molecule is CCCCCCCCCCCCCCCCCCCC(=O)[N+](CCCC)(CCCC)CCCC.[Br-]. The lowest BCUT2D eigenvalue weighted by Crippen LogP contribution is -3.00. The van der Waals surface area contributed by atoms with Gasteiger partial charge in [-0.3, -0.25) is 4.48 Å². The van der Waals surface area contributed by atoms with Crippen LogP contribution in [0.2, 0.25) is 0 Å². The summed E-state index contributed by atoms with van der Waals surface area (Å²) in [5.74, 6) is 0.552. The molecule has 0 bridgehead atoms. The first-order chi connectivity index (χ1) is 16.7. The fraction of sp³-hybridized carbons (Fsp3) is 0.969. The van der Waals surface area contributed by atoms with Gasteiger partial charge in [0.2, 0.25) is 0 Å². The van der Waals surface area contributed by atoms with E-state index >= 15 is 0 Å². The lowest BCUT2D eigenvalue weighted by Gasteiger charge is -2.36. The number of carbonyl (C=O) groups is 1. The van der Waals surface area contributed by atoms with Crippen molar-refractivity contribution in [3.05, 3.63) is 0 Å². The number of quaternary nitrogens is 1. The highest BCUT2D eigenvalue weighted by Crippen LogP contribution is 2.20. The van der Waals surface area contributed by atoms with Crippen molar-refractivity contribution in [3.63, 3.8) is 0 Å². The number of amides is 1. The number of unbranched alkanes of at least 4 members (excludes halogenated alkanes) is 19. The van der Waals surface area contributed by atoms with E-state index in [0.717, 1.165) is 37.0 Å². The Balaban J connectivity index is 0. The number of hydrogen-bond donors (Lipinski definition) is 0. The lowest BCUT2D eigenvalue weighted by atomic mass is 10.0. The zero-order valence-corrected chi connectivity index (χ0v) is 26.4. The zero-order chi connectivity index (χ0) is 25.2. The molecule has 0 fully saturated rings. The van der Waals surface area contributed by atoms with Crippen LogP contribution in [-0.4, -0.2) is 30.0 Å². The summed E-state index contributed by atoms with van der Waals surface area (Å²) in [5.41, 5.74) is 0. The Labute approximate surface area is 233 Å². The van der Waals surface area contributed by atoms with E-state index in [1.807, 2.05) is 0 Å². The van der Waals surface area contributed by atoms with Crippen molar-refractivity contribution >= 4 is 5.91 Å². The third-order valence-corrected chi connectivity index (χ3v) is 7.84. The van der Waals surface area contributed by atoms with E-state index in [1.165, 1.54) is 141 Å². The minimum atomic E-state index is 0. The molecule has 0 radical (unpaired) electrons. The molecule has 3 heteroatoms. The molecule has 0 saturated carbocycles. The van der Waals surface area contributed by atoms with Crippen LogP contribution in [0.5, 0.6) is 0 Å². The maximum atomic E-state index is 13.3. The van der Waals surface area contributed by atoms with Gasteiger partial charge in [0.15, 0.2) is 0 Å². The normalized spacial score (nSPS) is 11.5. The van der Waals surface area contributed by atoms with Crippen LogP contribution in [0.3, 0.4) is 0 Å². The van der Waals surface area contributed by atoms with Crippen molar-refractivity contribution in [1.82, 2.24) is 0 Å². The van der Waals surface area contributed by atoms with E-state index in [9.17, 15) is 4.79 Å². The van der Waals surface area contributed by atoms with Crippen LogP contribution < -0.4 is 17.0 Å². The van der Waals surface area contributed by atoms with Gasteiger partial charge in [-0.05, 0) is 25.7 Å². The minimum absolute atomic E-state index is 0. The number of hydrogen-bond acceptors (Lipinski definition) is 1. The summed E-state index contributed by atoms with van der Waals surface area (Å²) in [4.78, 5) is 13.3. The van der Waals surface area contributed by atoms with Gasteiger partial charge in [0.25, 0.3) is 0 Å². The van der Waals surface area contributed by atoms with Crippen LogP contribution in [0.15, 0.2) is 0 Å². The van der Waals surface area contributed by atoms with E-state index in [2.05, 4.69) is 27.7 Å². The van der Waals surface area contributed by atoms with Crippen molar-refractivity contribution in [2.24, 2.45) is 0 Å². The molecule has 1 amide bonds. The molecule has 0 spiro atoms. The van der Waals surface area contributed by atoms with Crippen molar-refractivity contribution < 1.29 is 26.3 Å². The van der Waals surface area contributed by atoms with Gasteiger partial charge < -0.3 is 17.0 Å². The molecule has 0 aliphatic carbocycles. The van der Waals surface area contributed by atoms with Crippen molar-refractivity contribution in [2.75, 3.05) is 19.6 Å². The second-order valence-electron chi connectivity index (χ2n) is 11.2. The highest BCUT2D eigenvalue weighted by Gasteiger charge is 2.34. The zero-order valence-electron chi connectivity index (χ0n) is 24.8. The average molecular weight is 561 g/mol. The number of carbonyl (C=O) groups excluding carboxylic acids is 1. The third-order valence-electron chi connectivity index (χ3n) is 7.84. The molecule has 0 N–H and O–H groups in total. The highest BCUT2D eigenvalue weighted by atomic mass is 79.9. The van der Waals surface area contributed by atoms with E-state index in [1.54, 1.807) is 0 Å². The largest absolute Gasteiger partial charge is 1.00 e. The van der Waals surface area contributed by atoms with Crippen LogP contribution in [0.4, 0.5) is 0 Å². The minimum Gasteiger partial charge on any atom is -1.00 e. The Hall–Kier alpha value is 0.110. The number of rotatable bonds is 27. The molecule has 0 rings (SSSR count). The van der Waals surface area contributed by atoms with E-state index in [4.69, 9.17) is 0 Å². The first-order valence-corrected chi connectivity index (χ1v) is 16.1. The molecule has 0 aromatic heterocycles. The van der Waals surface area contributed by atoms with Gasteiger partial charge in [-0.25, -0.2) is 4.79 Å². The summed E-state index contributed by atoms with van der Waals surface area (Å²) in [6, 6.07) is 0. The summed E-state index contributed by atoms with van der Waals surface area (Å²) in [7, 11) is 0. The Kier molecular flexibility index (Phi) is 30.5. The van der Waals surface area contributed by atoms with Gasteiger partial charge in [-0.1, -0.05) is 150 Å². The molecule has 0 heterocycles. The predicted octanol–water partition coefficient (Wildman–Crippen LogP) is 7.78. The average Bonchev–Trinajstić information content (AvgIpc) is 2.85. The number of nitrogens with zero attached hydrogens (tertiary/aromatic N) is 1. The van der Waals surface area contributed by atoms with E-state index in [0.29, 0.717) is 5.91 Å². The topological polar surface area (TPSA) is 17.1 Å². The Morgan fingerprint density at radius 1 is 0.400 bits per heavy atom.